The van der Waals surface area contributed by atoms with Gasteiger partial charge in [-0.3, -0.25) is 9.36 Å². The molecule has 2 heterocycles. The average Bonchev–Trinajstić information content (AvgIpc) is 3.15. The maximum absolute atomic E-state index is 15.4. The number of ketones is 1. The summed E-state index contributed by atoms with van der Waals surface area (Å²) >= 11 is 0. The summed E-state index contributed by atoms with van der Waals surface area (Å²) in [6.45, 7) is 1.73. The van der Waals surface area contributed by atoms with Gasteiger partial charge < -0.3 is 13.4 Å². The quantitative estimate of drug-likeness (QED) is 0.186. The molecule has 0 saturated heterocycles. The number of carbonyl (C=O) groups excluding carboxylic acids is 1. The lowest BCUT2D eigenvalue weighted by atomic mass is 9.97. The van der Waals surface area contributed by atoms with Gasteiger partial charge in [0.25, 0.3) is 0 Å². The lowest BCUT2D eigenvalue weighted by Gasteiger charge is -2.30. The second-order valence-electron chi connectivity index (χ2n) is 7.20. The van der Waals surface area contributed by atoms with Crippen LogP contribution in [0, 0.1) is 0 Å². The van der Waals surface area contributed by atoms with E-state index < -0.39 is 66.7 Å². The van der Waals surface area contributed by atoms with Crippen molar-refractivity contribution in [2.24, 2.45) is 0 Å². The molecule has 3 rings (SSSR count). The van der Waals surface area contributed by atoms with Gasteiger partial charge in [0.1, 0.15) is 5.69 Å². The molecule has 0 atom stereocenters. The molecular formula is C22H19F7NO4P. The van der Waals surface area contributed by atoms with Crippen LogP contribution in [0.15, 0.2) is 54.7 Å². The van der Waals surface area contributed by atoms with Gasteiger partial charge in [0.2, 0.25) is 5.78 Å². The molecule has 0 unspecified atom stereocenters. The number of pyridine rings is 1. The molecule has 190 valence electrons. The Kier molecular flexibility index (Phi) is 7.23. The summed E-state index contributed by atoms with van der Waals surface area (Å²) in [6, 6.07) is 10.00. The van der Waals surface area contributed by atoms with Crippen molar-refractivity contribution < 1.29 is 49.1 Å². The molecule has 35 heavy (non-hydrogen) atoms. The molecule has 0 aliphatic heterocycles. The predicted octanol–water partition coefficient (Wildman–Crippen LogP) is 6.35. The van der Waals surface area contributed by atoms with Gasteiger partial charge in [-0.2, -0.15) is 30.7 Å². The van der Waals surface area contributed by atoms with Crippen LogP contribution in [0.3, 0.4) is 0 Å². The van der Waals surface area contributed by atoms with Gasteiger partial charge >= 0.3 is 25.6 Å². The number of benzene rings is 1. The summed E-state index contributed by atoms with van der Waals surface area (Å²) in [6.07, 6.45) is -5.71. The highest BCUT2D eigenvalue weighted by molar-refractivity contribution is 7.62. The fourth-order valence-electron chi connectivity index (χ4n) is 3.56. The zero-order chi connectivity index (χ0) is 26.2. The highest BCUT2D eigenvalue weighted by Crippen LogP contribution is 2.57. The molecule has 1 aromatic carbocycles. The van der Waals surface area contributed by atoms with Gasteiger partial charge in [0, 0.05) is 11.8 Å². The molecule has 0 fully saturated rings. The van der Waals surface area contributed by atoms with Crippen molar-refractivity contribution in [2.75, 3.05) is 13.2 Å². The van der Waals surface area contributed by atoms with Crippen LogP contribution in [0.5, 0.6) is 0 Å². The van der Waals surface area contributed by atoms with Crippen molar-refractivity contribution in [3.8, 4) is 0 Å². The number of hydrogen-bond acceptors (Lipinski definition) is 4. The Hall–Kier alpha value is -2.69. The third-order valence-corrected chi connectivity index (χ3v) is 7.20. The molecule has 0 amide bonds. The molecule has 3 aromatic rings. The molecule has 0 bridgehead atoms. The van der Waals surface area contributed by atoms with Crippen LogP contribution in [0.1, 0.15) is 35.5 Å². The minimum Gasteiger partial charge on any atom is -0.312 e. The normalized spacial score (nSPS) is 13.4. The standard InChI is InChI=1S/C22H19F7NO4P/c1-3-33-35(32,34-4-2)19-15-12-8-9-13-30(15)17(18(31)14-10-6-5-7-11-14)16(19)20(23,24)21(25,26)22(27,28)29/h5-13H,3-4H2,1-2H3. The molecule has 13 heteroatoms. The first-order valence-corrected chi connectivity index (χ1v) is 11.7. The third-order valence-electron chi connectivity index (χ3n) is 5.00. The van der Waals surface area contributed by atoms with E-state index in [1.165, 1.54) is 56.3 Å². The fourth-order valence-corrected chi connectivity index (χ4v) is 5.55. The zero-order valence-corrected chi connectivity index (χ0v) is 19.2. The molecular weight excluding hydrogens is 506 g/mol. The maximum Gasteiger partial charge on any atom is 0.460 e. The molecule has 0 N–H and O–H groups in total. The molecule has 5 nitrogen and oxygen atoms in total. The highest BCUT2D eigenvalue weighted by Gasteiger charge is 2.75. The van der Waals surface area contributed by atoms with Gasteiger partial charge in [-0.25, -0.2) is 0 Å². The summed E-state index contributed by atoms with van der Waals surface area (Å²) < 4.78 is 123. The summed E-state index contributed by atoms with van der Waals surface area (Å²) in [4.78, 5) is 13.3. The Morgan fingerprint density at radius 1 is 0.886 bits per heavy atom. The summed E-state index contributed by atoms with van der Waals surface area (Å²) in [7, 11) is -4.94. The van der Waals surface area contributed by atoms with E-state index in [1.807, 2.05) is 0 Å². The number of carbonyl (C=O) groups is 1. The van der Waals surface area contributed by atoms with Crippen LogP contribution in [-0.4, -0.2) is 35.5 Å². The number of halogens is 7. The van der Waals surface area contributed by atoms with Gasteiger partial charge in [0.15, 0.2) is 0 Å². The van der Waals surface area contributed by atoms with E-state index in [-0.39, 0.29) is 5.56 Å². The average molecular weight is 525 g/mol. The predicted molar refractivity (Wildman–Crippen MR) is 113 cm³/mol. The highest BCUT2D eigenvalue weighted by atomic mass is 31.2. The summed E-state index contributed by atoms with van der Waals surface area (Å²) in [5.74, 6) is -14.0. The van der Waals surface area contributed by atoms with E-state index in [2.05, 4.69) is 0 Å². The van der Waals surface area contributed by atoms with E-state index in [0.29, 0.717) is 4.40 Å². The molecule has 0 saturated carbocycles. The topological polar surface area (TPSA) is 57.0 Å². The second kappa shape index (κ2) is 9.40. The Labute approximate surface area is 195 Å². The van der Waals surface area contributed by atoms with Crippen molar-refractivity contribution in [3.05, 3.63) is 71.5 Å². The van der Waals surface area contributed by atoms with Gasteiger partial charge in [-0.1, -0.05) is 36.4 Å². The van der Waals surface area contributed by atoms with Crippen LogP contribution in [0.25, 0.3) is 5.52 Å². The van der Waals surface area contributed by atoms with E-state index >= 15 is 8.78 Å². The monoisotopic (exact) mass is 525 g/mol. The lowest BCUT2D eigenvalue weighted by Crippen LogP contribution is -2.51. The second-order valence-corrected chi connectivity index (χ2v) is 9.16. The maximum atomic E-state index is 15.4. The smallest absolute Gasteiger partial charge is 0.312 e. The summed E-state index contributed by atoms with van der Waals surface area (Å²) in [5.41, 5.74) is -4.09. The Bertz CT molecular complexity index is 1260. The number of hydrogen-bond donors (Lipinski definition) is 0. The number of rotatable bonds is 9. The first-order chi connectivity index (χ1) is 16.2. The Balaban J connectivity index is 2.57. The van der Waals surface area contributed by atoms with Crippen LogP contribution in [0.2, 0.25) is 0 Å². The van der Waals surface area contributed by atoms with Crippen molar-refractivity contribution in [1.82, 2.24) is 4.40 Å². The van der Waals surface area contributed by atoms with Crippen LogP contribution >= 0.6 is 7.60 Å². The fraction of sp³-hybridized carbons (Fsp3) is 0.318. The summed E-state index contributed by atoms with van der Waals surface area (Å²) in [5, 5.41) is -1.24. The van der Waals surface area contributed by atoms with E-state index in [4.69, 9.17) is 9.05 Å². The molecule has 0 radical (unpaired) electrons. The van der Waals surface area contributed by atoms with Crippen molar-refractivity contribution >= 4 is 24.2 Å². The SMILES string of the molecule is CCOP(=O)(OCC)c1c(C(F)(F)C(F)(F)C(F)(F)F)c(C(=O)c2ccccc2)n2ccccc12. The molecule has 0 aliphatic rings. The zero-order valence-electron chi connectivity index (χ0n) is 18.3. The third kappa shape index (κ3) is 4.39. The van der Waals surface area contributed by atoms with Crippen LogP contribution < -0.4 is 5.30 Å². The first-order valence-electron chi connectivity index (χ1n) is 10.2. The number of fused-ring (bicyclic) bond motifs is 1. The number of alkyl halides is 7. The van der Waals surface area contributed by atoms with Crippen molar-refractivity contribution in [1.29, 1.82) is 0 Å². The van der Waals surface area contributed by atoms with Crippen molar-refractivity contribution in [2.45, 2.75) is 31.9 Å². The largest absolute Gasteiger partial charge is 0.460 e. The lowest BCUT2D eigenvalue weighted by molar-refractivity contribution is -0.359. The number of aromatic nitrogens is 1. The molecule has 0 spiro atoms. The van der Waals surface area contributed by atoms with Gasteiger partial charge in [-0.15, -0.1) is 0 Å². The molecule has 0 aliphatic carbocycles. The van der Waals surface area contributed by atoms with E-state index in [1.54, 1.807) is 0 Å². The molecule has 2 aromatic heterocycles. The number of nitrogens with zero attached hydrogens (tertiary/aromatic N) is 1. The van der Waals surface area contributed by atoms with Gasteiger partial charge in [0.05, 0.1) is 29.6 Å². The van der Waals surface area contributed by atoms with Crippen molar-refractivity contribution in [3.63, 3.8) is 0 Å². The minimum absolute atomic E-state index is 0.280. The van der Waals surface area contributed by atoms with Crippen LogP contribution in [0.4, 0.5) is 30.7 Å². The van der Waals surface area contributed by atoms with E-state index in [0.717, 1.165) is 12.3 Å². The van der Waals surface area contributed by atoms with Gasteiger partial charge in [-0.05, 0) is 26.0 Å². The van der Waals surface area contributed by atoms with Crippen LogP contribution in [-0.2, 0) is 19.5 Å². The van der Waals surface area contributed by atoms with E-state index in [9.17, 15) is 31.3 Å². The minimum atomic E-state index is -6.71. The Morgan fingerprint density at radius 3 is 1.94 bits per heavy atom. The first kappa shape index (κ1) is 26.9. The Morgan fingerprint density at radius 2 is 1.43 bits per heavy atom.